The van der Waals surface area contributed by atoms with E-state index in [1.807, 2.05) is 6.07 Å². The van der Waals surface area contributed by atoms with Gasteiger partial charge in [-0.3, -0.25) is 4.90 Å². The summed E-state index contributed by atoms with van der Waals surface area (Å²) in [6.07, 6.45) is 1.64. The summed E-state index contributed by atoms with van der Waals surface area (Å²) in [5, 5.41) is 3.64. The topological polar surface area (TPSA) is 50.3 Å². The summed E-state index contributed by atoms with van der Waals surface area (Å²) in [4.78, 5) is 12.4. The second kappa shape index (κ2) is 8.54. The average Bonchev–Trinajstić information content (AvgIpc) is 3.12. The van der Waals surface area contributed by atoms with E-state index in [0.717, 1.165) is 69.6 Å². The fraction of sp³-hybridized carbons (Fsp3) is 0.360. The van der Waals surface area contributed by atoms with Gasteiger partial charge in [0.2, 0.25) is 0 Å². The van der Waals surface area contributed by atoms with Crippen molar-refractivity contribution in [2.45, 2.75) is 19.8 Å². The van der Waals surface area contributed by atoms with Gasteiger partial charge in [-0.2, -0.15) is 0 Å². The molecular formula is C25H28N4O. The number of nitrogens with one attached hydrogen (secondary N) is 1. The summed E-state index contributed by atoms with van der Waals surface area (Å²) in [5.41, 5.74) is 7.49. The molecule has 2 aromatic carbocycles. The molecule has 1 aliphatic carbocycles. The van der Waals surface area contributed by atoms with Crippen molar-refractivity contribution in [1.29, 1.82) is 0 Å². The first-order valence-corrected chi connectivity index (χ1v) is 10.8. The van der Waals surface area contributed by atoms with Gasteiger partial charge in [0.25, 0.3) is 0 Å². The minimum atomic E-state index is 0.752. The number of morpholine rings is 1. The van der Waals surface area contributed by atoms with Crippen molar-refractivity contribution in [3.05, 3.63) is 76.7 Å². The molecule has 0 spiro atoms. The second-order valence-electron chi connectivity index (χ2n) is 8.19. The summed E-state index contributed by atoms with van der Waals surface area (Å²) in [5.74, 6) is 1.86. The van der Waals surface area contributed by atoms with Gasteiger partial charge in [0, 0.05) is 44.6 Å². The maximum absolute atomic E-state index is 5.46. The van der Waals surface area contributed by atoms with Crippen molar-refractivity contribution >= 4 is 5.82 Å². The molecule has 0 unspecified atom stereocenters. The highest BCUT2D eigenvalue weighted by Gasteiger charge is 2.25. The van der Waals surface area contributed by atoms with E-state index in [4.69, 9.17) is 14.7 Å². The molecule has 0 amide bonds. The summed E-state index contributed by atoms with van der Waals surface area (Å²) in [7, 11) is 0. The van der Waals surface area contributed by atoms with Gasteiger partial charge in [-0.1, -0.05) is 54.1 Å². The first kappa shape index (κ1) is 19.2. The fourth-order valence-electron chi connectivity index (χ4n) is 4.40. The largest absolute Gasteiger partial charge is 0.379 e. The van der Waals surface area contributed by atoms with E-state index in [1.165, 1.54) is 27.8 Å². The highest BCUT2D eigenvalue weighted by Crippen LogP contribution is 2.40. The molecule has 5 heteroatoms. The Balaban J connectivity index is 1.42. The minimum absolute atomic E-state index is 0.752. The quantitative estimate of drug-likeness (QED) is 0.535. The Kier molecular flexibility index (Phi) is 5.47. The molecule has 0 radical (unpaired) electrons. The summed E-state index contributed by atoms with van der Waals surface area (Å²) in [6.45, 7) is 7.69. The van der Waals surface area contributed by atoms with Gasteiger partial charge in [0.1, 0.15) is 11.6 Å². The van der Waals surface area contributed by atoms with Crippen LogP contribution < -0.4 is 5.32 Å². The number of aryl methyl sites for hydroxylation is 1. The lowest BCUT2D eigenvalue weighted by Gasteiger charge is -2.26. The molecule has 1 fully saturated rings. The van der Waals surface area contributed by atoms with Crippen LogP contribution in [0.5, 0.6) is 0 Å². The third-order valence-electron chi connectivity index (χ3n) is 5.95. The standard InChI is InChI=1S/C25H28N4O/c1-18-7-8-21-20(15-18)17-22-24(21)25(26-9-10-29-11-13-30-14-12-29)28-23(27-22)16-19-5-3-2-4-6-19/h2-8,15H,9-14,16-17H2,1H3,(H,26,27,28). The average molecular weight is 401 g/mol. The lowest BCUT2D eigenvalue weighted by Crippen LogP contribution is -2.39. The first-order valence-electron chi connectivity index (χ1n) is 10.8. The molecule has 5 rings (SSSR count). The summed E-state index contributed by atoms with van der Waals surface area (Å²) < 4.78 is 5.46. The Labute approximate surface area is 178 Å². The number of hydrogen-bond acceptors (Lipinski definition) is 5. The van der Waals surface area contributed by atoms with Crippen LogP contribution in [0, 0.1) is 6.92 Å². The molecule has 154 valence electrons. The molecule has 30 heavy (non-hydrogen) atoms. The molecule has 2 aliphatic rings. The summed E-state index contributed by atoms with van der Waals surface area (Å²) in [6, 6.07) is 17.2. The molecule has 0 saturated carbocycles. The van der Waals surface area contributed by atoms with E-state index >= 15 is 0 Å². The normalized spacial score (nSPS) is 15.6. The third-order valence-corrected chi connectivity index (χ3v) is 5.95. The molecule has 1 aliphatic heterocycles. The number of anilines is 1. The van der Waals surface area contributed by atoms with E-state index < -0.39 is 0 Å². The number of ether oxygens (including phenoxy) is 1. The number of hydrogen-bond donors (Lipinski definition) is 1. The Morgan fingerprint density at radius 3 is 2.70 bits per heavy atom. The number of rotatable bonds is 6. The van der Waals surface area contributed by atoms with Crippen molar-refractivity contribution < 1.29 is 4.74 Å². The molecule has 5 nitrogen and oxygen atoms in total. The van der Waals surface area contributed by atoms with Gasteiger partial charge < -0.3 is 10.1 Å². The van der Waals surface area contributed by atoms with Crippen LogP contribution in [0.4, 0.5) is 5.82 Å². The predicted molar refractivity (Wildman–Crippen MR) is 120 cm³/mol. The fourth-order valence-corrected chi connectivity index (χ4v) is 4.40. The van der Waals surface area contributed by atoms with Crippen molar-refractivity contribution in [1.82, 2.24) is 14.9 Å². The minimum Gasteiger partial charge on any atom is -0.379 e. The maximum Gasteiger partial charge on any atom is 0.137 e. The zero-order valence-corrected chi connectivity index (χ0v) is 17.5. The van der Waals surface area contributed by atoms with Gasteiger partial charge in [-0.05, 0) is 23.6 Å². The van der Waals surface area contributed by atoms with E-state index in [9.17, 15) is 0 Å². The molecule has 1 saturated heterocycles. The Morgan fingerprint density at radius 1 is 1.03 bits per heavy atom. The Bertz CT molecular complexity index is 1030. The van der Waals surface area contributed by atoms with E-state index in [-0.39, 0.29) is 0 Å². The van der Waals surface area contributed by atoms with Crippen molar-refractivity contribution in [2.75, 3.05) is 44.7 Å². The van der Waals surface area contributed by atoms with Crippen LogP contribution in [0.3, 0.4) is 0 Å². The van der Waals surface area contributed by atoms with Gasteiger partial charge in [0.15, 0.2) is 0 Å². The van der Waals surface area contributed by atoms with E-state index in [2.05, 4.69) is 59.6 Å². The maximum atomic E-state index is 5.46. The number of aromatic nitrogens is 2. The van der Waals surface area contributed by atoms with Crippen LogP contribution in [-0.4, -0.2) is 54.3 Å². The van der Waals surface area contributed by atoms with E-state index in [0.29, 0.717) is 0 Å². The monoisotopic (exact) mass is 400 g/mol. The highest BCUT2D eigenvalue weighted by molar-refractivity contribution is 5.84. The third kappa shape index (κ3) is 4.09. The predicted octanol–water partition coefficient (Wildman–Crippen LogP) is 3.69. The number of nitrogens with zero attached hydrogens (tertiary/aromatic N) is 3. The number of benzene rings is 2. The molecule has 0 bridgehead atoms. The Morgan fingerprint density at radius 2 is 1.87 bits per heavy atom. The smallest absolute Gasteiger partial charge is 0.137 e. The lowest BCUT2D eigenvalue weighted by atomic mass is 10.0. The molecular weight excluding hydrogens is 372 g/mol. The van der Waals surface area contributed by atoms with Crippen LogP contribution in [-0.2, 0) is 17.6 Å². The molecule has 3 aromatic rings. The lowest BCUT2D eigenvalue weighted by molar-refractivity contribution is 0.0398. The van der Waals surface area contributed by atoms with Crippen LogP contribution in [0.2, 0.25) is 0 Å². The molecule has 1 aromatic heterocycles. The zero-order chi connectivity index (χ0) is 20.3. The first-order chi connectivity index (χ1) is 14.8. The SMILES string of the molecule is Cc1ccc2c(c1)Cc1nc(Cc3ccccc3)nc(NCCN3CCOCC3)c1-2. The van der Waals surface area contributed by atoms with Crippen LogP contribution >= 0.6 is 0 Å². The van der Waals surface area contributed by atoms with Gasteiger partial charge in [-0.25, -0.2) is 9.97 Å². The molecule has 2 heterocycles. The Hall–Kier alpha value is -2.76. The van der Waals surface area contributed by atoms with E-state index in [1.54, 1.807) is 0 Å². The van der Waals surface area contributed by atoms with Crippen molar-refractivity contribution in [3.8, 4) is 11.1 Å². The van der Waals surface area contributed by atoms with Crippen LogP contribution in [0.1, 0.15) is 28.2 Å². The van der Waals surface area contributed by atoms with Crippen LogP contribution in [0.15, 0.2) is 48.5 Å². The summed E-state index contributed by atoms with van der Waals surface area (Å²) >= 11 is 0. The number of fused-ring (bicyclic) bond motifs is 3. The molecule has 1 N–H and O–H groups in total. The van der Waals surface area contributed by atoms with Crippen molar-refractivity contribution in [2.24, 2.45) is 0 Å². The van der Waals surface area contributed by atoms with Gasteiger partial charge >= 0.3 is 0 Å². The van der Waals surface area contributed by atoms with Crippen LogP contribution in [0.25, 0.3) is 11.1 Å². The van der Waals surface area contributed by atoms with Gasteiger partial charge in [0.05, 0.1) is 18.9 Å². The zero-order valence-electron chi connectivity index (χ0n) is 17.5. The second-order valence-corrected chi connectivity index (χ2v) is 8.19. The van der Waals surface area contributed by atoms with Crippen molar-refractivity contribution in [3.63, 3.8) is 0 Å². The molecule has 0 atom stereocenters. The van der Waals surface area contributed by atoms with Gasteiger partial charge in [-0.15, -0.1) is 0 Å². The highest BCUT2D eigenvalue weighted by atomic mass is 16.5.